The lowest BCUT2D eigenvalue weighted by Gasteiger charge is -2.16. The highest BCUT2D eigenvalue weighted by molar-refractivity contribution is 5.79. The van der Waals surface area contributed by atoms with Crippen molar-refractivity contribution in [2.45, 2.75) is 33.3 Å². The third-order valence-corrected chi connectivity index (χ3v) is 3.58. The van der Waals surface area contributed by atoms with E-state index in [0.29, 0.717) is 28.9 Å². The maximum atomic E-state index is 10.5. The molecule has 0 aliphatic heterocycles. The van der Waals surface area contributed by atoms with Crippen molar-refractivity contribution < 1.29 is 14.6 Å². The van der Waals surface area contributed by atoms with Crippen LogP contribution in [0.25, 0.3) is 0 Å². The highest BCUT2D eigenvalue weighted by Gasteiger charge is 2.14. The van der Waals surface area contributed by atoms with E-state index in [1.165, 1.54) is 0 Å². The van der Waals surface area contributed by atoms with Crippen LogP contribution in [0.1, 0.15) is 38.9 Å². The lowest BCUT2D eigenvalue weighted by Crippen LogP contribution is -2.38. The van der Waals surface area contributed by atoms with E-state index < -0.39 is 6.10 Å². The Morgan fingerprint density at radius 2 is 1.96 bits per heavy atom. The second-order valence-corrected chi connectivity index (χ2v) is 5.95. The monoisotopic (exact) mass is 337 g/mol. The number of aliphatic imine (C=N–C) groups is 1. The third kappa shape index (κ3) is 6.66. The number of methoxy groups -OCH3 is 2. The summed E-state index contributed by atoms with van der Waals surface area (Å²) in [7, 11) is 3.18. The second-order valence-electron chi connectivity index (χ2n) is 5.95. The van der Waals surface area contributed by atoms with Gasteiger partial charge in [-0.25, -0.2) is 0 Å². The minimum Gasteiger partial charge on any atom is -0.497 e. The maximum absolute atomic E-state index is 10.5. The molecule has 136 valence electrons. The van der Waals surface area contributed by atoms with Gasteiger partial charge in [0.2, 0.25) is 0 Å². The van der Waals surface area contributed by atoms with E-state index in [9.17, 15) is 5.11 Å². The van der Waals surface area contributed by atoms with Gasteiger partial charge in [0.05, 0.1) is 20.8 Å². The first-order valence-corrected chi connectivity index (χ1v) is 8.43. The molecule has 0 saturated carbocycles. The third-order valence-electron chi connectivity index (χ3n) is 3.58. The average molecular weight is 337 g/mol. The van der Waals surface area contributed by atoms with E-state index in [0.717, 1.165) is 19.5 Å². The Morgan fingerprint density at radius 1 is 1.21 bits per heavy atom. The summed E-state index contributed by atoms with van der Waals surface area (Å²) in [5.74, 6) is 2.64. The molecule has 6 nitrogen and oxygen atoms in total. The number of hydrogen-bond acceptors (Lipinski definition) is 4. The van der Waals surface area contributed by atoms with Crippen molar-refractivity contribution >= 4 is 5.96 Å². The minimum absolute atomic E-state index is 0.237. The molecule has 3 N–H and O–H groups in total. The molecule has 0 heterocycles. The number of aliphatic hydroxyl groups is 1. The number of nitrogens with one attached hydrogen (secondary N) is 2. The van der Waals surface area contributed by atoms with E-state index in [1.54, 1.807) is 32.4 Å². The fraction of sp³-hybridized carbons (Fsp3) is 0.611. The predicted molar refractivity (Wildman–Crippen MR) is 97.9 cm³/mol. The van der Waals surface area contributed by atoms with E-state index in [-0.39, 0.29) is 6.54 Å². The van der Waals surface area contributed by atoms with E-state index >= 15 is 0 Å². The van der Waals surface area contributed by atoms with Gasteiger partial charge < -0.3 is 25.2 Å². The van der Waals surface area contributed by atoms with Crippen LogP contribution in [0.4, 0.5) is 0 Å². The van der Waals surface area contributed by atoms with Crippen LogP contribution in [0.15, 0.2) is 23.2 Å². The van der Waals surface area contributed by atoms with Crippen molar-refractivity contribution in [1.82, 2.24) is 10.6 Å². The highest BCUT2D eigenvalue weighted by Crippen LogP contribution is 2.29. The Kier molecular flexibility index (Phi) is 9.01. The zero-order valence-corrected chi connectivity index (χ0v) is 15.4. The predicted octanol–water partition coefficient (Wildman–Crippen LogP) is 2.34. The van der Waals surface area contributed by atoms with Crippen molar-refractivity contribution in [3.05, 3.63) is 23.8 Å². The minimum atomic E-state index is -0.768. The number of aliphatic hydroxyl groups excluding tert-OH is 1. The number of guanidine groups is 1. The van der Waals surface area contributed by atoms with E-state index in [2.05, 4.69) is 29.5 Å². The first-order valence-electron chi connectivity index (χ1n) is 8.43. The summed E-state index contributed by atoms with van der Waals surface area (Å²) in [6, 6.07) is 5.36. The molecule has 1 unspecified atom stereocenters. The highest BCUT2D eigenvalue weighted by atomic mass is 16.5. The summed E-state index contributed by atoms with van der Waals surface area (Å²) < 4.78 is 10.5. The molecule has 1 aromatic carbocycles. The topological polar surface area (TPSA) is 75.1 Å². The molecule has 0 bridgehead atoms. The van der Waals surface area contributed by atoms with Crippen LogP contribution in [0, 0.1) is 5.92 Å². The Balaban J connectivity index is 2.77. The lowest BCUT2D eigenvalue weighted by molar-refractivity contribution is 0.182. The summed E-state index contributed by atoms with van der Waals surface area (Å²) in [5.41, 5.74) is 0.665. The van der Waals surface area contributed by atoms with Gasteiger partial charge in [0.15, 0.2) is 5.96 Å². The van der Waals surface area contributed by atoms with Crippen LogP contribution in [0.5, 0.6) is 11.5 Å². The van der Waals surface area contributed by atoms with Gasteiger partial charge in [-0.2, -0.15) is 0 Å². The molecule has 0 aliphatic carbocycles. The molecule has 0 fully saturated rings. The molecule has 0 aliphatic rings. The summed E-state index contributed by atoms with van der Waals surface area (Å²) in [6.07, 6.45) is 0.298. The molecule has 0 radical (unpaired) electrons. The molecule has 0 saturated heterocycles. The Bertz CT molecular complexity index is 518. The Hall–Kier alpha value is -1.95. The molecule has 0 aromatic heterocycles. The number of nitrogens with zero attached hydrogens (tertiary/aromatic N) is 1. The van der Waals surface area contributed by atoms with Crippen LogP contribution in [-0.4, -0.2) is 44.9 Å². The Morgan fingerprint density at radius 3 is 2.54 bits per heavy atom. The van der Waals surface area contributed by atoms with Crippen LogP contribution >= 0.6 is 0 Å². The van der Waals surface area contributed by atoms with Gasteiger partial charge in [-0.1, -0.05) is 13.8 Å². The maximum Gasteiger partial charge on any atom is 0.191 e. The molecule has 1 rings (SSSR count). The van der Waals surface area contributed by atoms with Gasteiger partial charge in [0.1, 0.15) is 17.6 Å². The summed E-state index contributed by atoms with van der Waals surface area (Å²) in [4.78, 5) is 4.47. The second kappa shape index (κ2) is 10.8. The normalized spacial score (nSPS) is 12.9. The first-order chi connectivity index (χ1) is 11.5. The molecule has 0 spiro atoms. The zero-order chi connectivity index (χ0) is 17.9. The quantitative estimate of drug-likeness (QED) is 0.476. The smallest absolute Gasteiger partial charge is 0.191 e. The van der Waals surface area contributed by atoms with Crippen LogP contribution in [0.2, 0.25) is 0 Å². The largest absolute Gasteiger partial charge is 0.497 e. The summed E-state index contributed by atoms with van der Waals surface area (Å²) in [6.45, 7) is 8.24. The fourth-order valence-corrected chi connectivity index (χ4v) is 2.20. The van der Waals surface area contributed by atoms with Gasteiger partial charge in [-0.05, 0) is 37.5 Å². The zero-order valence-electron chi connectivity index (χ0n) is 15.4. The number of benzene rings is 1. The molecule has 1 atom stereocenters. The number of rotatable bonds is 9. The molecule has 0 amide bonds. The van der Waals surface area contributed by atoms with Crippen molar-refractivity contribution in [1.29, 1.82) is 0 Å². The van der Waals surface area contributed by atoms with Crippen LogP contribution in [-0.2, 0) is 0 Å². The lowest BCUT2D eigenvalue weighted by atomic mass is 10.1. The SMILES string of the molecule is CCNC(=NCC(O)c1cc(OC)ccc1OC)NCCC(C)C. The van der Waals surface area contributed by atoms with Gasteiger partial charge in [0.25, 0.3) is 0 Å². The van der Waals surface area contributed by atoms with Gasteiger partial charge in [-0.15, -0.1) is 0 Å². The van der Waals surface area contributed by atoms with Crippen molar-refractivity contribution in [3.8, 4) is 11.5 Å². The summed E-state index contributed by atoms with van der Waals surface area (Å²) in [5, 5.41) is 17.0. The standard InChI is InChI=1S/C18H31N3O3/c1-6-19-18(20-10-9-13(2)3)21-12-16(22)15-11-14(23-4)7-8-17(15)24-5/h7-8,11,13,16,22H,6,9-10,12H2,1-5H3,(H2,19,20,21). The first kappa shape index (κ1) is 20.1. The molecule has 24 heavy (non-hydrogen) atoms. The van der Waals surface area contributed by atoms with Gasteiger partial charge >= 0.3 is 0 Å². The summed E-state index contributed by atoms with van der Waals surface area (Å²) >= 11 is 0. The molecule has 6 heteroatoms. The molecule has 1 aromatic rings. The van der Waals surface area contributed by atoms with Gasteiger partial charge in [0, 0.05) is 18.7 Å². The molecular formula is C18H31N3O3. The molecular weight excluding hydrogens is 306 g/mol. The van der Waals surface area contributed by atoms with Crippen molar-refractivity contribution in [2.75, 3.05) is 33.9 Å². The van der Waals surface area contributed by atoms with Crippen molar-refractivity contribution in [3.63, 3.8) is 0 Å². The number of ether oxygens (including phenoxy) is 2. The van der Waals surface area contributed by atoms with Gasteiger partial charge in [-0.3, -0.25) is 4.99 Å². The van der Waals surface area contributed by atoms with E-state index in [4.69, 9.17) is 9.47 Å². The van der Waals surface area contributed by atoms with Crippen molar-refractivity contribution in [2.24, 2.45) is 10.9 Å². The van der Waals surface area contributed by atoms with Crippen LogP contribution in [0.3, 0.4) is 0 Å². The van der Waals surface area contributed by atoms with Crippen LogP contribution < -0.4 is 20.1 Å². The Labute approximate surface area is 145 Å². The fourth-order valence-electron chi connectivity index (χ4n) is 2.20. The average Bonchev–Trinajstić information content (AvgIpc) is 2.58. The number of hydrogen-bond donors (Lipinski definition) is 3. The van der Waals surface area contributed by atoms with E-state index in [1.807, 2.05) is 6.92 Å².